The summed E-state index contributed by atoms with van der Waals surface area (Å²) in [6.45, 7) is 2.20. The second-order valence-electron chi connectivity index (χ2n) is 5.03. The number of hydrogen-bond acceptors (Lipinski definition) is 4. The van der Waals surface area contributed by atoms with Crippen LogP contribution >= 0.6 is 27.3 Å². The van der Waals surface area contributed by atoms with Crippen molar-refractivity contribution < 1.29 is 0 Å². The lowest BCUT2D eigenvalue weighted by Crippen LogP contribution is -2.34. The van der Waals surface area contributed by atoms with Crippen molar-refractivity contribution >= 4 is 32.4 Å². The van der Waals surface area contributed by atoms with Gasteiger partial charge in [0, 0.05) is 18.0 Å². The topological polar surface area (TPSA) is 28.2 Å². The van der Waals surface area contributed by atoms with Gasteiger partial charge in [0.1, 0.15) is 4.60 Å². The van der Waals surface area contributed by atoms with Crippen LogP contribution in [0.5, 0.6) is 0 Å². The fourth-order valence-electron chi connectivity index (χ4n) is 2.56. The Morgan fingerprint density at radius 2 is 2.22 bits per heavy atom. The van der Waals surface area contributed by atoms with Gasteiger partial charge in [0.15, 0.2) is 5.13 Å². The highest BCUT2D eigenvalue weighted by atomic mass is 79.9. The molecule has 1 fully saturated rings. The van der Waals surface area contributed by atoms with E-state index in [9.17, 15) is 0 Å². The lowest BCUT2D eigenvalue weighted by molar-refractivity contribution is 0.191. The number of nitrogens with zero attached hydrogens (tertiary/aromatic N) is 2. The predicted molar refractivity (Wildman–Crippen MR) is 82.4 cm³/mol. The van der Waals surface area contributed by atoms with Crippen LogP contribution in [0.1, 0.15) is 38.5 Å². The molecule has 0 amide bonds. The molecular weight excluding hydrogens is 310 g/mol. The van der Waals surface area contributed by atoms with Crippen LogP contribution in [0.15, 0.2) is 9.98 Å². The zero-order valence-corrected chi connectivity index (χ0v) is 13.4. The molecule has 1 aromatic rings. The summed E-state index contributed by atoms with van der Waals surface area (Å²) in [5, 5.41) is 6.40. The largest absolute Gasteiger partial charge is 0.361 e. The Balaban J connectivity index is 1.59. The molecule has 0 aromatic carbocycles. The molecule has 0 unspecified atom stereocenters. The van der Waals surface area contributed by atoms with E-state index in [-0.39, 0.29) is 0 Å². The molecule has 0 spiro atoms. The summed E-state index contributed by atoms with van der Waals surface area (Å²) in [6, 6.07) is 0.827. The van der Waals surface area contributed by atoms with E-state index in [1.807, 2.05) is 5.38 Å². The van der Waals surface area contributed by atoms with E-state index in [0.717, 1.165) is 22.3 Å². The van der Waals surface area contributed by atoms with Crippen LogP contribution in [0, 0.1) is 0 Å². The first-order chi connectivity index (χ1) is 8.75. The normalized spacial score (nSPS) is 17.3. The molecule has 1 aliphatic rings. The SMILES string of the molecule is CN(CCCNc1nc(Br)cs1)C1CCCCC1. The molecule has 1 aromatic heterocycles. The molecule has 0 atom stereocenters. The van der Waals surface area contributed by atoms with Crippen LogP contribution in [0.2, 0.25) is 0 Å². The zero-order valence-electron chi connectivity index (χ0n) is 11.0. The number of aromatic nitrogens is 1. The minimum atomic E-state index is 0.827. The highest BCUT2D eigenvalue weighted by molar-refractivity contribution is 9.10. The Kier molecular flexibility index (Phi) is 5.92. The maximum Gasteiger partial charge on any atom is 0.183 e. The molecule has 1 saturated carbocycles. The van der Waals surface area contributed by atoms with Crippen LogP contribution in [0.3, 0.4) is 0 Å². The fraction of sp³-hybridized carbons (Fsp3) is 0.769. The van der Waals surface area contributed by atoms with Gasteiger partial charge in [-0.1, -0.05) is 19.3 Å². The van der Waals surface area contributed by atoms with Gasteiger partial charge in [-0.25, -0.2) is 4.98 Å². The Labute approximate surface area is 122 Å². The van der Waals surface area contributed by atoms with Gasteiger partial charge in [-0.05, 0) is 48.8 Å². The average Bonchev–Trinajstić information content (AvgIpc) is 2.81. The number of rotatable bonds is 6. The molecule has 3 nitrogen and oxygen atoms in total. The van der Waals surface area contributed by atoms with Gasteiger partial charge in [0.25, 0.3) is 0 Å². The zero-order chi connectivity index (χ0) is 12.8. The van der Waals surface area contributed by atoms with E-state index < -0.39 is 0 Å². The highest BCUT2D eigenvalue weighted by Gasteiger charge is 2.17. The second kappa shape index (κ2) is 7.46. The van der Waals surface area contributed by atoms with E-state index >= 15 is 0 Å². The van der Waals surface area contributed by atoms with E-state index in [1.165, 1.54) is 45.1 Å². The van der Waals surface area contributed by atoms with Gasteiger partial charge in [-0.15, -0.1) is 11.3 Å². The first kappa shape index (κ1) is 14.3. The standard InChI is InChI=1S/C13H22BrN3S/c1-17(11-6-3-2-4-7-11)9-5-8-15-13-16-12(14)10-18-13/h10-11H,2-9H2,1H3,(H,15,16). The third-order valence-corrected chi connectivity index (χ3v) is 5.15. The molecule has 0 radical (unpaired) electrons. The quantitative estimate of drug-likeness (QED) is 0.799. The number of anilines is 1. The van der Waals surface area contributed by atoms with E-state index in [4.69, 9.17) is 0 Å². The van der Waals surface area contributed by atoms with Crippen molar-refractivity contribution in [3.05, 3.63) is 9.98 Å². The van der Waals surface area contributed by atoms with Gasteiger partial charge >= 0.3 is 0 Å². The minimum absolute atomic E-state index is 0.827. The Bertz CT molecular complexity index is 350. The van der Waals surface area contributed by atoms with Crippen LogP contribution in [0.4, 0.5) is 5.13 Å². The molecule has 1 heterocycles. The van der Waals surface area contributed by atoms with Crippen molar-refractivity contribution in [2.45, 2.75) is 44.6 Å². The summed E-state index contributed by atoms with van der Waals surface area (Å²) in [4.78, 5) is 6.87. The highest BCUT2D eigenvalue weighted by Crippen LogP contribution is 2.22. The molecule has 0 aliphatic heterocycles. The van der Waals surface area contributed by atoms with Crippen molar-refractivity contribution in [1.82, 2.24) is 9.88 Å². The van der Waals surface area contributed by atoms with E-state index in [0.29, 0.717) is 0 Å². The molecule has 0 saturated heterocycles. The first-order valence-corrected chi connectivity index (χ1v) is 8.48. The predicted octanol–water partition coefficient (Wildman–Crippen LogP) is 3.97. The molecule has 5 heteroatoms. The Morgan fingerprint density at radius 3 is 2.89 bits per heavy atom. The number of hydrogen-bond donors (Lipinski definition) is 1. The van der Waals surface area contributed by atoms with Gasteiger partial charge < -0.3 is 10.2 Å². The monoisotopic (exact) mass is 331 g/mol. The molecule has 18 heavy (non-hydrogen) atoms. The maximum atomic E-state index is 4.33. The first-order valence-electron chi connectivity index (χ1n) is 6.81. The third-order valence-electron chi connectivity index (χ3n) is 3.64. The Morgan fingerprint density at radius 1 is 1.44 bits per heavy atom. The average molecular weight is 332 g/mol. The van der Waals surface area contributed by atoms with Gasteiger partial charge in [0.05, 0.1) is 0 Å². The molecule has 102 valence electrons. The molecule has 0 bridgehead atoms. The van der Waals surface area contributed by atoms with Crippen LogP contribution < -0.4 is 5.32 Å². The van der Waals surface area contributed by atoms with Crippen LogP contribution in [-0.4, -0.2) is 36.1 Å². The van der Waals surface area contributed by atoms with Crippen molar-refractivity contribution in [3.8, 4) is 0 Å². The second-order valence-corrected chi connectivity index (χ2v) is 6.70. The van der Waals surface area contributed by atoms with E-state index in [1.54, 1.807) is 11.3 Å². The van der Waals surface area contributed by atoms with Crippen molar-refractivity contribution in [3.63, 3.8) is 0 Å². The van der Waals surface area contributed by atoms with Gasteiger partial charge in [-0.2, -0.15) is 0 Å². The van der Waals surface area contributed by atoms with Crippen LogP contribution in [0.25, 0.3) is 0 Å². The molecule has 2 rings (SSSR count). The summed E-state index contributed by atoms with van der Waals surface area (Å²) in [5.74, 6) is 0. The van der Waals surface area contributed by atoms with Crippen molar-refractivity contribution in [1.29, 1.82) is 0 Å². The number of halogens is 1. The lowest BCUT2D eigenvalue weighted by atomic mass is 9.94. The minimum Gasteiger partial charge on any atom is -0.361 e. The lowest BCUT2D eigenvalue weighted by Gasteiger charge is -2.31. The smallest absolute Gasteiger partial charge is 0.183 e. The number of nitrogens with one attached hydrogen (secondary N) is 1. The van der Waals surface area contributed by atoms with Crippen LogP contribution in [-0.2, 0) is 0 Å². The third kappa shape index (κ3) is 4.52. The van der Waals surface area contributed by atoms with Gasteiger partial charge in [-0.3, -0.25) is 0 Å². The van der Waals surface area contributed by atoms with E-state index in [2.05, 4.69) is 38.2 Å². The summed E-state index contributed by atoms with van der Waals surface area (Å²) in [7, 11) is 2.27. The molecule has 1 N–H and O–H groups in total. The molecule has 1 aliphatic carbocycles. The fourth-order valence-corrected chi connectivity index (χ4v) is 3.74. The molecular formula is C13H22BrN3S. The van der Waals surface area contributed by atoms with Crippen molar-refractivity contribution in [2.24, 2.45) is 0 Å². The summed E-state index contributed by atoms with van der Waals surface area (Å²) >= 11 is 5.02. The van der Waals surface area contributed by atoms with Gasteiger partial charge in [0.2, 0.25) is 0 Å². The summed E-state index contributed by atoms with van der Waals surface area (Å²) in [5.41, 5.74) is 0. The summed E-state index contributed by atoms with van der Waals surface area (Å²) < 4.78 is 0.925. The Hall–Kier alpha value is -0.130. The maximum absolute atomic E-state index is 4.33. The summed E-state index contributed by atoms with van der Waals surface area (Å²) in [6.07, 6.45) is 8.24. The number of thiazole rings is 1. The van der Waals surface area contributed by atoms with Crippen molar-refractivity contribution in [2.75, 3.05) is 25.5 Å².